The number of rotatable bonds is 5. The molecule has 1 amide bonds. The highest BCUT2D eigenvalue weighted by molar-refractivity contribution is 7.22. The number of fused-ring (bicyclic) bond motifs is 1. The minimum atomic E-state index is -0.432. The summed E-state index contributed by atoms with van der Waals surface area (Å²) in [5.74, 6) is -0.432. The zero-order valence-electron chi connectivity index (χ0n) is 11.4. The van der Waals surface area contributed by atoms with Crippen LogP contribution in [0.2, 0.25) is 0 Å². The summed E-state index contributed by atoms with van der Waals surface area (Å²) in [5, 5.41) is 0.908. The van der Waals surface area contributed by atoms with Gasteiger partial charge in [0.25, 0.3) is 5.91 Å². The highest BCUT2D eigenvalue weighted by atomic mass is 32.1. The summed E-state index contributed by atoms with van der Waals surface area (Å²) >= 11 is 1.58. The molecule has 2 rings (SSSR count). The molecular weight excluding hydrogens is 260 g/mol. The lowest BCUT2D eigenvalue weighted by molar-refractivity contribution is 0.100. The maximum absolute atomic E-state index is 11.4. The summed E-state index contributed by atoms with van der Waals surface area (Å²) < 4.78 is 0.989. The average molecular weight is 278 g/mol. The molecule has 5 nitrogen and oxygen atoms in total. The molecule has 0 saturated heterocycles. The van der Waals surface area contributed by atoms with Crippen molar-refractivity contribution in [1.29, 1.82) is 0 Å². The SMILES string of the molecule is CN(C)CCN(C)c1nc2c(C(N)=O)cccc2s1. The second-order valence-corrected chi connectivity index (χ2v) is 5.75. The van der Waals surface area contributed by atoms with Crippen LogP contribution in [0.5, 0.6) is 0 Å². The Balaban J connectivity index is 2.31. The van der Waals surface area contributed by atoms with Gasteiger partial charge in [0.2, 0.25) is 0 Å². The van der Waals surface area contributed by atoms with Crippen LogP contribution in [-0.2, 0) is 0 Å². The van der Waals surface area contributed by atoms with Crippen molar-refractivity contribution in [3.8, 4) is 0 Å². The van der Waals surface area contributed by atoms with Gasteiger partial charge in [-0.1, -0.05) is 17.4 Å². The Hall–Kier alpha value is -1.66. The van der Waals surface area contributed by atoms with E-state index in [2.05, 4.69) is 14.8 Å². The van der Waals surface area contributed by atoms with Crippen LogP contribution in [-0.4, -0.2) is 50.0 Å². The van der Waals surface area contributed by atoms with E-state index in [4.69, 9.17) is 5.73 Å². The molecule has 19 heavy (non-hydrogen) atoms. The molecule has 0 aliphatic heterocycles. The summed E-state index contributed by atoms with van der Waals surface area (Å²) in [4.78, 5) is 20.1. The second kappa shape index (κ2) is 5.54. The predicted octanol–water partition coefficient (Wildman–Crippen LogP) is 1.39. The fourth-order valence-corrected chi connectivity index (χ4v) is 2.72. The molecule has 2 aromatic rings. The standard InChI is InChI=1S/C13H18N4OS/c1-16(2)7-8-17(3)13-15-11-9(12(14)18)5-4-6-10(11)19-13/h4-6H,7-8H2,1-3H3,(H2,14,18). The first kappa shape index (κ1) is 13.8. The van der Waals surface area contributed by atoms with Crippen molar-refractivity contribution in [2.45, 2.75) is 0 Å². The number of likely N-dealkylation sites (N-methyl/N-ethyl adjacent to an activating group) is 2. The van der Waals surface area contributed by atoms with E-state index >= 15 is 0 Å². The van der Waals surface area contributed by atoms with Gasteiger partial charge in [0.1, 0.15) is 0 Å². The topological polar surface area (TPSA) is 62.5 Å². The molecule has 1 aromatic heterocycles. The van der Waals surface area contributed by atoms with Gasteiger partial charge >= 0.3 is 0 Å². The van der Waals surface area contributed by atoms with Gasteiger partial charge in [-0.05, 0) is 26.2 Å². The van der Waals surface area contributed by atoms with Gasteiger partial charge in [0.15, 0.2) is 5.13 Å². The van der Waals surface area contributed by atoms with E-state index in [0.29, 0.717) is 11.1 Å². The van der Waals surface area contributed by atoms with E-state index < -0.39 is 5.91 Å². The summed E-state index contributed by atoms with van der Waals surface area (Å²) in [6, 6.07) is 5.51. The third kappa shape index (κ3) is 3.02. The normalized spacial score (nSPS) is 11.2. The molecule has 1 heterocycles. The highest BCUT2D eigenvalue weighted by Gasteiger charge is 2.13. The van der Waals surface area contributed by atoms with Crippen molar-refractivity contribution < 1.29 is 4.79 Å². The molecule has 0 atom stereocenters. The first-order chi connectivity index (χ1) is 8.99. The number of hydrogen-bond donors (Lipinski definition) is 1. The molecule has 2 N–H and O–H groups in total. The van der Waals surface area contributed by atoms with Gasteiger partial charge in [-0.15, -0.1) is 0 Å². The van der Waals surface area contributed by atoms with E-state index in [9.17, 15) is 4.79 Å². The van der Waals surface area contributed by atoms with Crippen LogP contribution in [0.15, 0.2) is 18.2 Å². The summed E-state index contributed by atoms with van der Waals surface area (Å²) in [7, 11) is 6.08. The Kier molecular flexibility index (Phi) is 4.01. The number of nitrogens with zero attached hydrogens (tertiary/aromatic N) is 3. The third-order valence-corrected chi connectivity index (χ3v) is 4.02. The fraction of sp³-hybridized carbons (Fsp3) is 0.385. The van der Waals surface area contributed by atoms with Gasteiger partial charge in [-0.25, -0.2) is 4.98 Å². The molecule has 0 saturated carbocycles. The Morgan fingerprint density at radius 2 is 2.05 bits per heavy atom. The summed E-state index contributed by atoms with van der Waals surface area (Å²) in [5.41, 5.74) is 6.56. The van der Waals surface area contributed by atoms with Crippen molar-refractivity contribution in [2.75, 3.05) is 39.1 Å². The second-order valence-electron chi connectivity index (χ2n) is 4.74. The zero-order valence-corrected chi connectivity index (χ0v) is 12.2. The number of nitrogens with two attached hydrogens (primary N) is 1. The average Bonchev–Trinajstić information content (AvgIpc) is 2.78. The molecule has 0 aliphatic rings. The summed E-state index contributed by atoms with van der Waals surface area (Å²) in [6.45, 7) is 1.84. The van der Waals surface area contributed by atoms with E-state index in [1.165, 1.54) is 0 Å². The number of amides is 1. The van der Waals surface area contributed by atoms with Crippen molar-refractivity contribution in [2.24, 2.45) is 5.73 Å². The van der Waals surface area contributed by atoms with E-state index in [1.54, 1.807) is 17.4 Å². The maximum Gasteiger partial charge on any atom is 0.250 e. The van der Waals surface area contributed by atoms with E-state index in [1.807, 2.05) is 33.3 Å². The van der Waals surface area contributed by atoms with Crippen LogP contribution in [0.1, 0.15) is 10.4 Å². The minimum Gasteiger partial charge on any atom is -0.366 e. The Bertz CT molecular complexity index is 593. The number of para-hydroxylation sites is 1. The van der Waals surface area contributed by atoms with Crippen molar-refractivity contribution in [3.63, 3.8) is 0 Å². The number of primary amides is 1. The van der Waals surface area contributed by atoms with Gasteiger partial charge in [-0.2, -0.15) is 0 Å². The molecule has 0 unspecified atom stereocenters. The van der Waals surface area contributed by atoms with E-state index in [-0.39, 0.29) is 0 Å². The Labute approximate surface area is 116 Å². The molecule has 0 aliphatic carbocycles. The molecule has 0 fully saturated rings. The minimum absolute atomic E-state index is 0.432. The lowest BCUT2D eigenvalue weighted by Gasteiger charge is -2.18. The quantitative estimate of drug-likeness (QED) is 0.898. The molecule has 102 valence electrons. The van der Waals surface area contributed by atoms with Crippen LogP contribution in [0.3, 0.4) is 0 Å². The van der Waals surface area contributed by atoms with Crippen molar-refractivity contribution in [3.05, 3.63) is 23.8 Å². The number of benzene rings is 1. The van der Waals surface area contributed by atoms with Gasteiger partial charge < -0.3 is 15.5 Å². The molecule has 0 radical (unpaired) electrons. The third-order valence-electron chi connectivity index (χ3n) is 2.88. The maximum atomic E-state index is 11.4. The molecular formula is C13H18N4OS. The lowest BCUT2D eigenvalue weighted by Crippen LogP contribution is -2.28. The first-order valence-corrected chi connectivity index (χ1v) is 6.86. The molecule has 0 bridgehead atoms. The number of carbonyl (C=O) groups is 1. The number of carbonyl (C=O) groups excluding carboxylic acids is 1. The molecule has 0 spiro atoms. The van der Waals surface area contributed by atoms with Crippen molar-refractivity contribution >= 4 is 32.6 Å². The number of aromatic nitrogens is 1. The predicted molar refractivity (Wildman–Crippen MR) is 80.0 cm³/mol. The largest absolute Gasteiger partial charge is 0.366 e. The fourth-order valence-electron chi connectivity index (χ4n) is 1.74. The number of anilines is 1. The molecule has 1 aromatic carbocycles. The summed E-state index contributed by atoms with van der Waals surface area (Å²) in [6.07, 6.45) is 0. The van der Waals surface area contributed by atoms with Crippen LogP contribution < -0.4 is 10.6 Å². The van der Waals surface area contributed by atoms with Crippen LogP contribution in [0.25, 0.3) is 10.2 Å². The Morgan fingerprint density at radius 1 is 1.32 bits per heavy atom. The Morgan fingerprint density at radius 3 is 2.68 bits per heavy atom. The lowest BCUT2D eigenvalue weighted by atomic mass is 10.2. The van der Waals surface area contributed by atoms with Gasteiger partial charge in [0, 0.05) is 20.1 Å². The van der Waals surface area contributed by atoms with Crippen LogP contribution >= 0.6 is 11.3 Å². The van der Waals surface area contributed by atoms with Crippen molar-refractivity contribution in [1.82, 2.24) is 9.88 Å². The monoisotopic (exact) mass is 278 g/mol. The smallest absolute Gasteiger partial charge is 0.250 e. The first-order valence-electron chi connectivity index (χ1n) is 6.04. The number of thiazole rings is 1. The van der Waals surface area contributed by atoms with Crippen LogP contribution in [0.4, 0.5) is 5.13 Å². The highest BCUT2D eigenvalue weighted by Crippen LogP contribution is 2.29. The van der Waals surface area contributed by atoms with Crippen LogP contribution in [0, 0.1) is 0 Å². The zero-order chi connectivity index (χ0) is 14.0. The molecule has 6 heteroatoms. The number of hydrogen-bond acceptors (Lipinski definition) is 5. The van der Waals surface area contributed by atoms with E-state index in [0.717, 1.165) is 22.9 Å². The van der Waals surface area contributed by atoms with Gasteiger partial charge in [-0.3, -0.25) is 4.79 Å². The van der Waals surface area contributed by atoms with Gasteiger partial charge in [0.05, 0.1) is 15.8 Å².